The van der Waals surface area contributed by atoms with Gasteiger partial charge in [0.2, 0.25) is 0 Å². The molecule has 0 aromatic carbocycles. The summed E-state index contributed by atoms with van der Waals surface area (Å²) in [6.45, 7) is 2.34. The van der Waals surface area contributed by atoms with Gasteiger partial charge in [-0.25, -0.2) is 4.72 Å². The van der Waals surface area contributed by atoms with Crippen molar-refractivity contribution >= 4 is 16.0 Å². The number of carbonyl (C=O) groups is 1. The smallest absolute Gasteiger partial charge is 0.279 e. The van der Waals surface area contributed by atoms with E-state index in [0.717, 1.165) is 12.8 Å². The van der Waals surface area contributed by atoms with E-state index in [0.29, 0.717) is 13.1 Å². The first-order valence-electron chi connectivity index (χ1n) is 4.66. The van der Waals surface area contributed by atoms with Gasteiger partial charge in [-0.2, -0.15) is 12.7 Å². The van der Waals surface area contributed by atoms with E-state index in [-0.39, 0.29) is 11.7 Å². The maximum Gasteiger partial charge on any atom is 0.279 e. The molecular formula is C8H16N2O3S. The van der Waals surface area contributed by atoms with Crippen LogP contribution in [0.1, 0.15) is 19.8 Å². The van der Waals surface area contributed by atoms with E-state index in [1.165, 1.54) is 18.3 Å². The van der Waals surface area contributed by atoms with Crippen molar-refractivity contribution in [3.63, 3.8) is 0 Å². The van der Waals surface area contributed by atoms with Crippen molar-refractivity contribution in [3.8, 4) is 0 Å². The largest absolute Gasteiger partial charge is 0.300 e. The Morgan fingerprint density at radius 3 is 2.64 bits per heavy atom. The minimum atomic E-state index is -3.36. The zero-order chi connectivity index (χ0) is 10.8. The van der Waals surface area contributed by atoms with Crippen LogP contribution in [0.15, 0.2) is 0 Å². The number of piperidine rings is 1. The average molecular weight is 220 g/mol. The molecule has 1 atom stereocenters. The molecule has 0 amide bonds. The molecule has 0 saturated carbocycles. The fourth-order valence-corrected chi connectivity index (χ4v) is 2.63. The summed E-state index contributed by atoms with van der Waals surface area (Å²) < 4.78 is 26.4. The molecule has 5 nitrogen and oxygen atoms in total. The van der Waals surface area contributed by atoms with Gasteiger partial charge in [0.25, 0.3) is 10.2 Å². The molecule has 1 fully saturated rings. The van der Waals surface area contributed by atoms with Crippen molar-refractivity contribution in [2.45, 2.75) is 19.8 Å². The van der Waals surface area contributed by atoms with Crippen molar-refractivity contribution in [1.29, 1.82) is 0 Å². The molecule has 1 heterocycles. The lowest BCUT2D eigenvalue weighted by Crippen LogP contribution is -2.46. The minimum absolute atomic E-state index is 0.0704. The molecular weight excluding hydrogens is 204 g/mol. The van der Waals surface area contributed by atoms with Crippen LogP contribution in [0.5, 0.6) is 0 Å². The van der Waals surface area contributed by atoms with E-state index in [1.807, 2.05) is 0 Å². The van der Waals surface area contributed by atoms with Crippen LogP contribution in [0.2, 0.25) is 0 Å². The highest BCUT2D eigenvalue weighted by Gasteiger charge is 2.29. The summed E-state index contributed by atoms with van der Waals surface area (Å²) in [7, 11) is -1.97. The highest BCUT2D eigenvalue weighted by atomic mass is 32.2. The fraction of sp³-hybridized carbons (Fsp3) is 0.875. The van der Waals surface area contributed by atoms with Crippen molar-refractivity contribution in [2.24, 2.45) is 5.92 Å². The second-order valence-electron chi connectivity index (χ2n) is 3.52. The number of carbonyl (C=O) groups excluding carboxylic acids is 1. The molecule has 1 aliphatic heterocycles. The Hall–Kier alpha value is -0.460. The van der Waals surface area contributed by atoms with Crippen molar-refractivity contribution in [3.05, 3.63) is 0 Å². The molecule has 0 aromatic heterocycles. The molecule has 1 unspecified atom stereocenters. The summed E-state index contributed by atoms with van der Waals surface area (Å²) in [5.41, 5.74) is 0. The molecule has 0 bridgehead atoms. The monoisotopic (exact) mass is 220 g/mol. The summed E-state index contributed by atoms with van der Waals surface area (Å²) in [5, 5.41) is 0. The average Bonchev–Trinajstić information content (AvgIpc) is 2.18. The number of rotatable bonds is 3. The van der Waals surface area contributed by atoms with Crippen LogP contribution in [-0.2, 0) is 15.0 Å². The number of Topliss-reactive ketones (excluding diaryl/α,β-unsaturated/α-hetero) is 1. The first-order chi connectivity index (χ1) is 6.47. The number of nitrogens with one attached hydrogen (secondary N) is 1. The number of hydrogen-bond donors (Lipinski definition) is 1. The van der Waals surface area contributed by atoms with Gasteiger partial charge in [-0.05, 0) is 19.8 Å². The van der Waals surface area contributed by atoms with E-state index in [2.05, 4.69) is 4.72 Å². The first-order valence-corrected chi connectivity index (χ1v) is 6.10. The Morgan fingerprint density at radius 2 is 2.14 bits per heavy atom. The summed E-state index contributed by atoms with van der Waals surface area (Å²) in [6.07, 6.45) is 1.55. The van der Waals surface area contributed by atoms with Gasteiger partial charge < -0.3 is 0 Å². The zero-order valence-corrected chi connectivity index (χ0v) is 9.30. The van der Waals surface area contributed by atoms with Crippen molar-refractivity contribution < 1.29 is 13.2 Å². The Morgan fingerprint density at radius 1 is 1.50 bits per heavy atom. The minimum Gasteiger partial charge on any atom is -0.300 e. The maximum atomic E-state index is 11.4. The lowest BCUT2D eigenvalue weighted by atomic mass is 9.96. The van der Waals surface area contributed by atoms with E-state index in [4.69, 9.17) is 0 Å². The van der Waals surface area contributed by atoms with Crippen LogP contribution in [-0.4, -0.2) is 38.6 Å². The van der Waals surface area contributed by atoms with E-state index in [9.17, 15) is 13.2 Å². The van der Waals surface area contributed by atoms with Crippen LogP contribution in [0.3, 0.4) is 0 Å². The Labute approximate surface area is 84.7 Å². The van der Waals surface area contributed by atoms with Gasteiger partial charge in [0.1, 0.15) is 5.78 Å². The fourth-order valence-electron chi connectivity index (χ4n) is 1.62. The van der Waals surface area contributed by atoms with Crippen LogP contribution in [0, 0.1) is 5.92 Å². The standard InChI is InChI=1S/C8H16N2O3S/c1-7(11)8-4-3-5-10(6-8)14(12,13)9-2/h8-9H,3-6H2,1-2H3. The van der Waals surface area contributed by atoms with E-state index in [1.54, 1.807) is 0 Å². The van der Waals surface area contributed by atoms with Crippen LogP contribution >= 0.6 is 0 Å². The normalized spacial score (nSPS) is 24.9. The van der Waals surface area contributed by atoms with Gasteiger partial charge in [0.15, 0.2) is 0 Å². The predicted molar refractivity (Wildman–Crippen MR) is 53.0 cm³/mol. The lowest BCUT2D eigenvalue weighted by Gasteiger charge is -2.30. The van der Waals surface area contributed by atoms with E-state index >= 15 is 0 Å². The predicted octanol–water partition coefficient (Wildman–Crippen LogP) is -0.248. The third-order valence-electron chi connectivity index (χ3n) is 2.56. The molecule has 1 aliphatic rings. The van der Waals surface area contributed by atoms with Gasteiger partial charge in [0, 0.05) is 26.1 Å². The number of hydrogen-bond acceptors (Lipinski definition) is 3. The van der Waals surface area contributed by atoms with Crippen LogP contribution in [0.4, 0.5) is 0 Å². The summed E-state index contributed by atoms with van der Waals surface area (Å²) in [4.78, 5) is 11.1. The Balaban J connectivity index is 2.70. The zero-order valence-electron chi connectivity index (χ0n) is 8.49. The molecule has 1 saturated heterocycles. The third-order valence-corrected chi connectivity index (χ3v) is 4.08. The van der Waals surface area contributed by atoms with Crippen LogP contribution < -0.4 is 4.72 Å². The van der Waals surface area contributed by atoms with Crippen LogP contribution in [0.25, 0.3) is 0 Å². The molecule has 1 N–H and O–H groups in total. The summed E-state index contributed by atoms with van der Waals surface area (Å²) >= 11 is 0. The molecule has 82 valence electrons. The van der Waals surface area contributed by atoms with Gasteiger partial charge in [-0.1, -0.05) is 0 Å². The second kappa shape index (κ2) is 4.37. The van der Waals surface area contributed by atoms with Gasteiger partial charge in [-0.3, -0.25) is 4.79 Å². The third kappa shape index (κ3) is 2.52. The second-order valence-corrected chi connectivity index (χ2v) is 5.39. The molecule has 0 aliphatic carbocycles. The molecule has 0 aromatic rings. The maximum absolute atomic E-state index is 11.4. The number of nitrogens with zero attached hydrogens (tertiary/aromatic N) is 1. The van der Waals surface area contributed by atoms with Crippen molar-refractivity contribution in [2.75, 3.05) is 20.1 Å². The first kappa shape index (κ1) is 11.6. The van der Waals surface area contributed by atoms with Gasteiger partial charge in [-0.15, -0.1) is 0 Å². The Bertz CT molecular complexity index is 313. The van der Waals surface area contributed by atoms with Crippen molar-refractivity contribution in [1.82, 2.24) is 9.03 Å². The topological polar surface area (TPSA) is 66.5 Å². The molecule has 1 rings (SSSR count). The quantitative estimate of drug-likeness (QED) is 0.713. The Kier molecular flexibility index (Phi) is 3.63. The highest BCUT2D eigenvalue weighted by Crippen LogP contribution is 2.18. The SMILES string of the molecule is CNS(=O)(=O)N1CCCC(C(C)=O)C1. The molecule has 14 heavy (non-hydrogen) atoms. The molecule has 0 spiro atoms. The van der Waals surface area contributed by atoms with Gasteiger partial charge >= 0.3 is 0 Å². The van der Waals surface area contributed by atoms with E-state index < -0.39 is 10.2 Å². The lowest BCUT2D eigenvalue weighted by molar-refractivity contribution is -0.121. The highest BCUT2D eigenvalue weighted by molar-refractivity contribution is 7.87. The van der Waals surface area contributed by atoms with Gasteiger partial charge in [0.05, 0.1) is 0 Å². The summed E-state index contributed by atoms with van der Waals surface area (Å²) in [6, 6.07) is 0. The molecule has 6 heteroatoms. The summed E-state index contributed by atoms with van der Waals surface area (Å²) in [5.74, 6) is -0.0621. The molecule has 0 radical (unpaired) electrons. The number of ketones is 1.